The highest BCUT2D eigenvalue weighted by Crippen LogP contribution is 2.18. The van der Waals surface area contributed by atoms with Crippen LogP contribution in [0.1, 0.15) is 12.0 Å². The van der Waals surface area contributed by atoms with Crippen LogP contribution in [0.2, 0.25) is 0 Å². The van der Waals surface area contributed by atoms with E-state index in [2.05, 4.69) is 41.4 Å². The van der Waals surface area contributed by atoms with Gasteiger partial charge in [-0.15, -0.1) is 0 Å². The quantitative estimate of drug-likeness (QED) is 0.851. The molecule has 0 radical (unpaired) electrons. The number of hydrogen-bond acceptors (Lipinski definition) is 5. The molecule has 2 heterocycles. The molecule has 3 rings (SSSR count). The molecular weight excluding hydrogens is 326 g/mol. The SMILES string of the molecule is Cc1cccc(N2CCN(C(=O)CNC3CCS(=O)(=O)C3)CC2)c1. The molecule has 24 heavy (non-hydrogen) atoms. The number of aryl methyl sites for hydroxylation is 1. The maximum Gasteiger partial charge on any atom is 0.236 e. The van der Waals surface area contributed by atoms with E-state index >= 15 is 0 Å². The van der Waals surface area contributed by atoms with E-state index in [1.807, 2.05) is 4.90 Å². The fourth-order valence-electron chi connectivity index (χ4n) is 3.34. The van der Waals surface area contributed by atoms with Gasteiger partial charge in [-0.25, -0.2) is 8.42 Å². The first-order valence-corrected chi connectivity index (χ1v) is 10.3. The Bertz CT molecular complexity index is 697. The number of nitrogens with one attached hydrogen (secondary N) is 1. The number of carbonyl (C=O) groups is 1. The average molecular weight is 351 g/mol. The van der Waals surface area contributed by atoms with Gasteiger partial charge in [0.1, 0.15) is 0 Å². The van der Waals surface area contributed by atoms with Crippen molar-refractivity contribution in [3.8, 4) is 0 Å². The number of amides is 1. The van der Waals surface area contributed by atoms with Crippen LogP contribution in [0, 0.1) is 6.92 Å². The van der Waals surface area contributed by atoms with Crippen LogP contribution < -0.4 is 10.2 Å². The third-order valence-electron chi connectivity index (χ3n) is 4.77. The third kappa shape index (κ3) is 4.27. The number of sulfone groups is 1. The summed E-state index contributed by atoms with van der Waals surface area (Å²) in [5.74, 6) is 0.443. The van der Waals surface area contributed by atoms with E-state index in [9.17, 15) is 13.2 Å². The lowest BCUT2D eigenvalue weighted by molar-refractivity contribution is -0.130. The average Bonchev–Trinajstić information content (AvgIpc) is 2.92. The lowest BCUT2D eigenvalue weighted by Crippen LogP contribution is -2.51. The molecule has 2 saturated heterocycles. The van der Waals surface area contributed by atoms with Crippen LogP contribution >= 0.6 is 0 Å². The molecule has 0 spiro atoms. The minimum Gasteiger partial charge on any atom is -0.368 e. The van der Waals surface area contributed by atoms with Gasteiger partial charge in [0.05, 0.1) is 18.1 Å². The van der Waals surface area contributed by atoms with Gasteiger partial charge >= 0.3 is 0 Å². The van der Waals surface area contributed by atoms with Gasteiger partial charge in [-0.2, -0.15) is 0 Å². The van der Waals surface area contributed by atoms with Crippen LogP contribution in [-0.2, 0) is 14.6 Å². The van der Waals surface area contributed by atoms with Crippen LogP contribution in [0.4, 0.5) is 5.69 Å². The Morgan fingerprint density at radius 1 is 1.25 bits per heavy atom. The largest absolute Gasteiger partial charge is 0.368 e. The first kappa shape index (κ1) is 17.2. The molecule has 2 aliphatic rings. The van der Waals surface area contributed by atoms with Crippen molar-refractivity contribution in [2.24, 2.45) is 0 Å². The summed E-state index contributed by atoms with van der Waals surface area (Å²) in [5, 5.41) is 3.10. The van der Waals surface area contributed by atoms with Crippen molar-refractivity contribution in [3.63, 3.8) is 0 Å². The zero-order valence-electron chi connectivity index (χ0n) is 14.1. The van der Waals surface area contributed by atoms with E-state index < -0.39 is 9.84 Å². The molecule has 2 aliphatic heterocycles. The summed E-state index contributed by atoms with van der Waals surface area (Å²) in [5.41, 5.74) is 2.44. The van der Waals surface area contributed by atoms with Gasteiger partial charge in [-0.1, -0.05) is 12.1 Å². The summed E-state index contributed by atoms with van der Waals surface area (Å²) in [7, 11) is -2.90. The van der Waals surface area contributed by atoms with Gasteiger partial charge < -0.3 is 15.1 Å². The van der Waals surface area contributed by atoms with E-state index in [-0.39, 0.29) is 30.0 Å². The standard InChI is InChI=1S/C17H25N3O3S/c1-14-3-2-4-16(11-14)19-6-8-20(9-7-19)17(21)12-18-15-5-10-24(22,23)13-15/h2-4,11,15,18H,5-10,12-13H2,1H3. The molecule has 0 saturated carbocycles. The molecule has 0 aromatic heterocycles. The van der Waals surface area contributed by atoms with Crippen LogP contribution in [0.3, 0.4) is 0 Å². The van der Waals surface area contributed by atoms with Crippen LogP contribution in [0.25, 0.3) is 0 Å². The summed E-state index contributed by atoms with van der Waals surface area (Å²) in [6.45, 7) is 5.37. The molecule has 0 aliphatic carbocycles. The normalized spacial score (nSPS) is 23.5. The Balaban J connectivity index is 1.45. The van der Waals surface area contributed by atoms with Gasteiger partial charge in [-0.3, -0.25) is 4.79 Å². The van der Waals surface area contributed by atoms with Crippen molar-refractivity contribution in [3.05, 3.63) is 29.8 Å². The number of nitrogens with zero attached hydrogens (tertiary/aromatic N) is 2. The molecule has 2 fully saturated rings. The number of carbonyl (C=O) groups excluding carboxylic acids is 1. The van der Waals surface area contributed by atoms with Crippen molar-refractivity contribution in [1.29, 1.82) is 0 Å². The topological polar surface area (TPSA) is 69.7 Å². The zero-order valence-corrected chi connectivity index (χ0v) is 14.9. The summed E-state index contributed by atoms with van der Waals surface area (Å²) in [6, 6.07) is 8.33. The maximum atomic E-state index is 12.3. The summed E-state index contributed by atoms with van der Waals surface area (Å²) >= 11 is 0. The third-order valence-corrected chi connectivity index (χ3v) is 6.54. The number of benzene rings is 1. The van der Waals surface area contributed by atoms with E-state index in [1.54, 1.807) is 0 Å². The zero-order chi connectivity index (χ0) is 17.2. The fraction of sp³-hybridized carbons (Fsp3) is 0.588. The second kappa shape index (κ2) is 7.11. The van der Waals surface area contributed by atoms with Gasteiger partial charge in [0.2, 0.25) is 5.91 Å². The maximum absolute atomic E-state index is 12.3. The van der Waals surface area contributed by atoms with E-state index in [4.69, 9.17) is 0 Å². The first-order chi connectivity index (χ1) is 11.4. The second-order valence-electron chi connectivity index (χ2n) is 6.69. The molecule has 1 unspecified atom stereocenters. The predicted molar refractivity (Wildman–Crippen MR) is 95.0 cm³/mol. The summed E-state index contributed by atoms with van der Waals surface area (Å²) in [4.78, 5) is 16.5. The summed E-state index contributed by atoms with van der Waals surface area (Å²) in [6.07, 6.45) is 0.608. The van der Waals surface area contributed by atoms with Crippen molar-refractivity contribution in [2.75, 3.05) is 49.1 Å². The summed E-state index contributed by atoms with van der Waals surface area (Å²) < 4.78 is 22.9. The predicted octanol–water partition coefficient (Wildman–Crippen LogP) is 0.420. The Hall–Kier alpha value is -1.60. The molecule has 1 aromatic rings. The minimum absolute atomic E-state index is 0.0585. The molecule has 132 valence electrons. The van der Waals surface area contributed by atoms with Gasteiger partial charge in [-0.05, 0) is 31.0 Å². The molecule has 1 amide bonds. The lowest BCUT2D eigenvalue weighted by atomic mass is 10.2. The Kier molecular flexibility index (Phi) is 5.10. The molecule has 6 nitrogen and oxygen atoms in total. The Morgan fingerprint density at radius 2 is 2.00 bits per heavy atom. The monoisotopic (exact) mass is 351 g/mol. The molecular formula is C17H25N3O3S. The van der Waals surface area contributed by atoms with Crippen molar-refractivity contribution in [2.45, 2.75) is 19.4 Å². The minimum atomic E-state index is -2.90. The smallest absolute Gasteiger partial charge is 0.236 e. The molecule has 1 N–H and O–H groups in total. The van der Waals surface area contributed by atoms with Crippen LogP contribution in [-0.4, -0.2) is 69.5 Å². The number of rotatable bonds is 4. The van der Waals surface area contributed by atoms with Crippen LogP contribution in [0.5, 0.6) is 0 Å². The van der Waals surface area contributed by atoms with Crippen LogP contribution in [0.15, 0.2) is 24.3 Å². The van der Waals surface area contributed by atoms with Crippen molar-refractivity contribution < 1.29 is 13.2 Å². The van der Waals surface area contributed by atoms with Gasteiger partial charge in [0, 0.05) is 37.9 Å². The molecule has 1 atom stereocenters. The van der Waals surface area contributed by atoms with E-state index in [0.717, 1.165) is 13.1 Å². The van der Waals surface area contributed by atoms with E-state index in [1.165, 1.54) is 11.3 Å². The Morgan fingerprint density at radius 3 is 2.62 bits per heavy atom. The lowest BCUT2D eigenvalue weighted by Gasteiger charge is -2.36. The van der Waals surface area contributed by atoms with Crippen molar-refractivity contribution in [1.82, 2.24) is 10.2 Å². The molecule has 7 heteroatoms. The number of hydrogen-bond donors (Lipinski definition) is 1. The second-order valence-corrected chi connectivity index (χ2v) is 8.92. The van der Waals surface area contributed by atoms with Crippen molar-refractivity contribution >= 4 is 21.4 Å². The number of anilines is 1. The van der Waals surface area contributed by atoms with Gasteiger partial charge in [0.15, 0.2) is 9.84 Å². The Labute approximate surface area is 143 Å². The first-order valence-electron chi connectivity index (χ1n) is 8.46. The molecule has 0 bridgehead atoms. The highest BCUT2D eigenvalue weighted by Gasteiger charge is 2.28. The van der Waals surface area contributed by atoms with Gasteiger partial charge in [0.25, 0.3) is 0 Å². The van der Waals surface area contributed by atoms with E-state index in [0.29, 0.717) is 19.5 Å². The highest BCUT2D eigenvalue weighted by atomic mass is 32.2. The fourth-order valence-corrected chi connectivity index (χ4v) is 5.05. The number of piperazine rings is 1. The molecule has 1 aromatic carbocycles. The highest BCUT2D eigenvalue weighted by molar-refractivity contribution is 7.91.